The normalized spacial score (nSPS) is 9.78. The lowest BCUT2D eigenvalue weighted by atomic mass is 10.2. The third kappa shape index (κ3) is 4.28. The highest BCUT2D eigenvalue weighted by Crippen LogP contribution is 2.23. The number of carbonyl (C=O) groups is 2. The lowest BCUT2D eigenvalue weighted by Gasteiger charge is -2.05. The van der Waals surface area contributed by atoms with Crippen LogP contribution in [0.1, 0.15) is 20.9 Å². The van der Waals surface area contributed by atoms with Gasteiger partial charge in [-0.05, 0) is 31.2 Å². The van der Waals surface area contributed by atoms with E-state index in [9.17, 15) is 9.59 Å². The van der Waals surface area contributed by atoms with E-state index in [2.05, 4.69) is 15.0 Å². The SMILES string of the molecule is COC(=O)c1sc(NC(=O)COc2ccc(C#N)cc2)nc1C. The van der Waals surface area contributed by atoms with Crippen LogP contribution in [0.3, 0.4) is 0 Å². The average Bonchev–Trinajstić information content (AvgIpc) is 2.93. The van der Waals surface area contributed by atoms with E-state index >= 15 is 0 Å². The van der Waals surface area contributed by atoms with Crippen LogP contribution in [0, 0.1) is 18.3 Å². The molecule has 1 heterocycles. The lowest BCUT2D eigenvalue weighted by Crippen LogP contribution is -2.20. The first-order valence-corrected chi connectivity index (χ1v) is 7.33. The number of ether oxygens (including phenoxy) is 2. The first-order chi connectivity index (χ1) is 11.0. The molecule has 0 unspecified atom stereocenters. The Morgan fingerprint density at radius 3 is 2.65 bits per heavy atom. The van der Waals surface area contributed by atoms with Crippen LogP contribution >= 0.6 is 11.3 Å². The number of amides is 1. The summed E-state index contributed by atoms with van der Waals surface area (Å²) in [6, 6.07) is 8.40. The van der Waals surface area contributed by atoms with E-state index in [4.69, 9.17) is 10.00 Å². The summed E-state index contributed by atoms with van der Waals surface area (Å²) in [5.74, 6) is -0.418. The molecule has 1 amide bonds. The van der Waals surface area contributed by atoms with E-state index in [1.54, 1.807) is 31.2 Å². The number of aryl methyl sites for hydroxylation is 1. The molecule has 8 heteroatoms. The Kier molecular flexibility index (Phi) is 5.28. The van der Waals surface area contributed by atoms with Crippen molar-refractivity contribution in [2.24, 2.45) is 0 Å². The minimum absolute atomic E-state index is 0.210. The minimum atomic E-state index is -0.491. The maximum absolute atomic E-state index is 11.8. The summed E-state index contributed by atoms with van der Waals surface area (Å²) < 4.78 is 9.94. The number of aromatic nitrogens is 1. The van der Waals surface area contributed by atoms with Crippen LogP contribution in [-0.4, -0.2) is 30.6 Å². The maximum atomic E-state index is 11.8. The van der Waals surface area contributed by atoms with E-state index in [0.717, 1.165) is 11.3 Å². The Bertz CT molecular complexity index is 762. The van der Waals surface area contributed by atoms with E-state index in [-0.39, 0.29) is 6.61 Å². The second-order valence-corrected chi connectivity index (χ2v) is 5.40. The molecule has 0 aliphatic heterocycles. The van der Waals surface area contributed by atoms with Crippen LogP contribution in [0.4, 0.5) is 5.13 Å². The van der Waals surface area contributed by atoms with E-state index < -0.39 is 11.9 Å². The van der Waals surface area contributed by atoms with Crippen molar-refractivity contribution in [1.29, 1.82) is 5.26 Å². The molecule has 0 bridgehead atoms. The molecule has 0 saturated carbocycles. The Balaban J connectivity index is 1.92. The van der Waals surface area contributed by atoms with Crippen LogP contribution in [0.15, 0.2) is 24.3 Å². The molecule has 0 radical (unpaired) electrons. The number of hydrogen-bond acceptors (Lipinski definition) is 7. The second-order valence-electron chi connectivity index (χ2n) is 4.40. The number of nitrogens with zero attached hydrogens (tertiary/aromatic N) is 2. The van der Waals surface area contributed by atoms with Crippen molar-refractivity contribution < 1.29 is 19.1 Å². The number of rotatable bonds is 5. The third-order valence-corrected chi connectivity index (χ3v) is 3.82. The zero-order valence-electron chi connectivity index (χ0n) is 12.5. The quantitative estimate of drug-likeness (QED) is 0.842. The van der Waals surface area contributed by atoms with Crippen LogP contribution in [0.5, 0.6) is 5.75 Å². The first kappa shape index (κ1) is 16.5. The molecule has 0 saturated heterocycles. The van der Waals surface area contributed by atoms with Crippen molar-refractivity contribution in [3.8, 4) is 11.8 Å². The van der Waals surface area contributed by atoms with E-state index in [0.29, 0.717) is 27.0 Å². The highest BCUT2D eigenvalue weighted by molar-refractivity contribution is 7.17. The number of benzene rings is 1. The standard InChI is InChI=1S/C15H13N3O4S/c1-9-13(14(20)21-2)23-15(17-9)18-12(19)8-22-11-5-3-10(7-16)4-6-11/h3-6H,8H2,1-2H3,(H,17,18,19). The number of thiazole rings is 1. The highest BCUT2D eigenvalue weighted by atomic mass is 32.1. The predicted octanol–water partition coefficient (Wildman–Crippen LogP) is 2.13. The molecule has 0 fully saturated rings. The monoisotopic (exact) mass is 331 g/mol. The van der Waals surface area contributed by atoms with Crippen LogP contribution in [0.25, 0.3) is 0 Å². The molecular weight excluding hydrogens is 318 g/mol. The molecule has 118 valence electrons. The molecule has 1 aromatic heterocycles. The fraction of sp³-hybridized carbons (Fsp3) is 0.200. The molecule has 23 heavy (non-hydrogen) atoms. The van der Waals surface area contributed by atoms with Crippen molar-refractivity contribution in [3.05, 3.63) is 40.4 Å². The molecule has 2 rings (SSSR count). The van der Waals surface area contributed by atoms with Gasteiger partial charge in [0.05, 0.1) is 24.4 Å². The van der Waals surface area contributed by atoms with Crippen molar-refractivity contribution in [1.82, 2.24) is 4.98 Å². The largest absolute Gasteiger partial charge is 0.484 e. The number of carbonyl (C=O) groups excluding carboxylic acids is 2. The molecule has 0 aliphatic carbocycles. The van der Waals surface area contributed by atoms with Gasteiger partial charge in [-0.3, -0.25) is 10.1 Å². The van der Waals surface area contributed by atoms with Gasteiger partial charge in [0, 0.05) is 0 Å². The van der Waals surface area contributed by atoms with Crippen LogP contribution < -0.4 is 10.1 Å². The number of nitriles is 1. The highest BCUT2D eigenvalue weighted by Gasteiger charge is 2.17. The molecule has 1 aromatic carbocycles. The number of nitrogens with one attached hydrogen (secondary N) is 1. The zero-order valence-corrected chi connectivity index (χ0v) is 13.3. The van der Waals surface area contributed by atoms with Gasteiger partial charge in [-0.15, -0.1) is 0 Å². The Hall–Kier alpha value is -2.92. The summed E-state index contributed by atoms with van der Waals surface area (Å²) in [6.07, 6.45) is 0. The Morgan fingerprint density at radius 2 is 2.04 bits per heavy atom. The first-order valence-electron chi connectivity index (χ1n) is 6.52. The molecular formula is C15H13N3O4S. The summed E-state index contributed by atoms with van der Waals surface area (Å²) in [4.78, 5) is 27.7. The summed E-state index contributed by atoms with van der Waals surface area (Å²) >= 11 is 1.04. The Labute approximate surface area is 136 Å². The third-order valence-electron chi connectivity index (χ3n) is 2.77. The maximum Gasteiger partial charge on any atom is 0.350 e. The summed E-state index contributed by atoms with van der Waals surface area (Å²) in [6.45, 7) is 1.45. The zero-order chi connectivity index (χ0) is 16.8. The van der Waals surface area contributed by atoms with Crippen molar-refractivity contribution in [2.75, 3.05) is 19.0 Å². The van der Waals surface area contributed by atoms with Gasteiger partial charge < -0.3 is 9.47 Å². The van der Waals surface area contributed by atoms with Gasteiger partial charge in [0.2, 0.25) is 0 Å². The molecule has 0 spiro atoms. The number of hydrogen-bond donors (Lipinski definition) is 1. The minimum Gasteiger partial charge on any atom is -0.484 e. The summed E-state index contributed by atoms with van der Waals surface area (Å²) in [7, 11) is 1.28. The van der Waals surface area contributed by atoms with E-state index in [1.165, 1.54) is 7.11 Å². The van der Waals surface area contributed by atoms with Gasteiger partial charge in [0.15, 0.2) is 11.7 Å². The number of esters is 1. The molecule has 0 atom stereocenters. The molecule has 7 nitrogen and oxygen atoms in total. The summed E-state index contributed by atoms with van der Waals surface area (Å²) in [5, 5.41) is 11.6. The molecule has 1 N–H and O–H groups in total. The van der Waals surface area contributed by atoms with Crippen molar-refractivity contribution in [3.63, 3.8) is 0 Å². The summed E-state index contributed by atoms with van der Waals surface area (Å²) in [5.41, 5.74) is 1.00. The number of anilines is 1. The van der Waals surface area contributed by atoms with Gasteiger partial charge in [-0.1, -0.05) is 11.3 Å². The lowest BCUT2D eigenvalue weighted by molar-refractivity contribution is -0.118. The topological polar surface area (TPSA) is 101 Å². The average molecular weight is 331 g/mol. The van der Waals surface area contributed by atoms with Gasteiger partial charge >= 0.3 is 5.97 Å². The van der Waals surface area contributed by atoms with Crippen LogP contribution in [0.2, 0.25) is 0 Å². The van der Waals surface area contributed by atoms with Gasteiger partial charge in [-0.25, -0.2) is 9.78 Å². The predicted molar refractivity (Wildman–Crippen MR) is 83.5 cm³/mol. The van der Waals surface area contributed by atoms with Gasteiger partial charge in [-0.2, -0.15) is 5.26 Å². The van der Waals surface area contributed by atoms with Gasteiger partial charge in [0.25, 0.3) is 5.91 Å². The fourth-order valence-corrected chi connectivity index (χ4v) is 2.56. The van der Waals surface area contributed by atoms with Crippen molar-refractivity contribution in [2.45, 2.75) is 6.92 Å². The number of methoxy groups -OCH3 is 1. The smallest absolute Gasteiger partial charge is 0.350 e. The fourth-order valence-electron chi connectivity index (χ4n) is 1.66. The Morgan fingerprint density at radius 1 is 1.35 bits per heavy atom. The van der Waals surface area contributed by atoms with Crippen LogP contribution in [-0.2, 0) is 9.53 Å². The molecule has 2 aromatic rings. The van der Waals surface area contributed by atoms with Crippen molar-refractivity contribution >= 4 is 28.3 Å². The molecule has 0 aliphatic rings. The second kappa shape index (κ2) is 7.38. The van der Waals surface area contributed by atoms with Gasteiger partial charge in [0.1, 0.15) is 10.6 Å². The van der Waals surface area contributed by atoms with E-state index in [1.807, 2.05) is 6.07 Å².